The second kappa shape index (κ2) is 13.9. The van der Waals surface area contributed by atoms with Crippen LogP contribution >= 0.6 is 12.4 Å². The van der Waals surface area contributed by atoms with E-state index < -0.39 is 64.9 Å². The summed E-state index contributed by atoms with van der Waals surface area (Å²) in [7, 11) is 1.28. The Morgan fingerprint density at radius 1 is 0.640 bits per heavy atom. The van der Waals surface area contributed by atoms with Crippen LogP contribution in [-0.4, -0.2) is 59.4 Å². The molecule has 0 spiro atoms. The molecule has 1 heterocycles. The van der Waals surface area contributed by atoms with Gasteiger partial charge in [-0.1, -0.05) is 24.3 Å². The zero-order chi connectivity index (χ0) is 36.2. The van der Waals surface area contributed by atoms with Crippen LogP contribution in [0.1, 0.15) is 44.5 Å². The van der Waals surface area contributed by atoms with Crippen LogP contribution in [0.2, 0.25) is 0 Å². The van der Waals surface area contributed by atoms with E-state index in [-0.39, 0.29) is 81.2 Å². The molecule has 0 bridgehead atoms. The third kappa shape index (κ3) is 8.51. The van der Waals surface area contributed by atoms with Crippen molar-refractivity contribution in [1.29, 1.82) is 0 Å². The summed E-state index contributed by atoms with van der Waals surface area (Å²) < 4.78 is 161. The zero-order valence-electron chi connectivity index (χ0n) is 26.1. The van der Waals surface area contributed by atoms with Gasteiger partial charge in [0.1, 0.15) is 5.54 Å². The van der Waals surface area contributed by atoms with Gasteiger partial charge in [-0.3, -0.25) is 14.6 Å². The Bertz CT molecular complexity index is 1600. The molecule has 1 aliphatic carbocycles. The first-order chi connectivity index (χ1) is 22.6. The van der Waals surface area contributed by atoms with Crippen molar-refractivity contribution in [2.24, 2.45) is 0 Å². The summed E-state index contributed by atoms with van der Waals surface area (Å²) >= 11 is 0. The topological polar surface area (TPSA) is 26.8 Å². The second-order valence-corrected chi connectivity index (χ2v) is 12.4. The highest BCUT2D eigenvalue weighted by Crippen LogP contribution is 2.40. The van der Waals surface area contributed by atoms with Gasteiger partial charge in [-0.15, -0.1) is 12.4 Å². The quantitative estimate of drug-likeness (QED) is 0.237. The van der Waals surface area contributed by atoms with E-state index in [0.717, 1.165) is 16.0 Å². The molecule has 5 rings (SSSR count). The van der Waals surface area contributed by atoms with Crippen molar-refractivity contribution in [3.8, 4) is 0 Å². The van der Waals surface area contributed by atoms with E-state index >= 15 is 0 Å². The fourth-order valence-electron chi connectivity index (χ4n) is 6.62. The molecule has 3 aromatic rings. The van der Waals surface area contributed by atoms with E-state index in [0.29, 0.717) is 24.3 Å². The second-order valence-electron chi connectivity index (χ2n) is 12.4. The molecule has 3 aromatic carbocycles. The summed E-state index contributed by atoms with van der Waals surface area (Å²) in [5, 5.41) is 0. The summed E-state index contributed by atoms with van der Waals surface area (Å²) in [6.45, 7) is -0.203. The molecule has 1 fully saturated rings. The molecule has 274 valence electrons. The third-order valence-corrected chi connectivity index (χ3v) is 8.93. The van der Waals surface area contributed by atoms with Crippen LogP contribution in [0.15, 0.2) is 60.7 Å². The predicted molar refractivity (Wildman–Crippen MR) is 160 cm³/mol. The molecule has 0 radical (unpaired) electrons. The molecule has 0 aromatic heterocycles. The third-order valence-electron chi connectivity index (χ3n) is 8.93. The van der Waals surface area contributed by atoms with E-state index in [2.05, 4.69) is 0 Å². The Morgan fingerprint density at radius 3 is 1.40 bits per heavy atom. The van der Waals surface area contributed by atoms with Crippen molar-refractivity contribution in [2.45, 2.75) is 56.2 Å². The molecule has 17 heteroatoms. The highest BCUT2D eigenvalue weighted by Gasteiger charge is 2.50. The van der Waals surface area contributed by atoms with Crippen LogP contribution in [0.4, 0.5) is 52.7 Å². The number of likely N-dealkylation sites (N-methyl/N-ethyl adjacent to an activating group) is 1. The van der Waals surface area contributed by atoms with Gasteiger partial charge in [0.05, 0.1) is 22.3 Å². The van der Waals surface area contributed by atoms with Crippen LogP contribution < -0.4 is 0 Å². The molecule has 4 nitrogen and oxygen atoms in total. The van der Waals surface area contributed by atoms with E-state index in [1.54, 1.807) is 29.2 Å². The Morgan fingerprint density at radius 2 is 1.02 bits per heavy atom. The van der Waals surface area contributed by atoms with Crippen molar-refractivity contribution in [3.63, 3.8) is 0 Å². The van der Waals surface area contributed by atoms with Crippen molar-refractivity contribution in [1.82, 2.24) is 14.7 Å². The van der Waals surface area contributed by atoms with E-state index in [1.807, 2.05) is 4.90 Å². The van der Waals surface area contributed by atoms with Gasteiger partial charge in [0.25, 0.3) is 0 Å². The number of hydrogen-bond donors (Lipinski definition) is 0. The summed E-state index contributed by atoms with van der Waals surface area (Å²) in [6, 6.07) is 9.61. The number of nitrogens with zero attached hydrogens (tertiary/aromatic N) is 3. The fraction of sp³-hybridized carbons (Fsp3) is 0.424. The number of carbonyl (C=O) groups is 1. The molecular weight excluding hydrogens is 718 g/mol. The van der Waals surface area contributed by atoms with Gasteiger partial charge in [0.2, 0.25) is 5.91 Å². The number of rotatable bonds is 6. The van der Waals surface area contributed by atoms with E-state index in [4.69, 9.17) is 0 Å². The lowest BCUT2D eigenvalue weighted by Crippen LogP contribution is -2.64. The smallest absolute Gasteiger partial charge is 0.340 e. The first-order valence-corrected chi connectivity index (χ1v) is 14.9. The number of hydrogen-bond acceptors (Lipinski definition) is 3. The van der Waals surface area contributed by atoms with Crippen LogP contribution in [0.5, 0.6) is 0 Å². The maximum absolute atomic E-state index is 14.3. The lowest BCUT2D eigenvalue weighted by molar-refractivity contribution is -0.145. The van der Waals surface area contributed by atoms with Gasteiger partial charge >= 0.3 is 24.7 Å². The van der Waals surface area contributed by atoms with Gasteiger partial charge in [-0.2, -0.15) is 52.7 Å². The molecule has 50 heavy (non-hydrogen) atoms. The fourth-order valence-corrected chi connectivity index (χ4v) is 6.62. The predicted octanol–water partition coefficient (Wildman–Crippen LogP) is 8.50. The van der Waals surface area contributed by atoms with Crippen LogP contribution in [0.3, 0.4) is 0 Å². The number of piperazine rings is 1. The highest BCUT2D eigenvalue weighted by atomic mass is 35.5. The molecule has 1 saturated heterocycles. The highest BCUT2D eigenvalue weighted by molar-refractivity contribution is 5.88. The first kappa shape index (κ1) is 39.3. The lowest BCUT2D eigenvalue weighted by atomic mass is 9.90. The average molecular weight is 748 g/mol. The standard InChI is InChI=1S/C33H29F12N3O.ClH/c1-46(18-20-10-24(30(34,35)36)14-25(11-20)31(37,38)39)28(49)29(16-22-4-2-3-5-23(22)17-29)48-8-6-47(7-9-48)19-21-12-26(32(40,41)42)15-27(13-21)33(43,44)45;/h2-5,10-15H,6-9,16-19H2,1H3;1H. The van der Waals surface area contributed by atoms with Crippen molar-refractivity contribution in [3.05, 3.63) is 105 Å². The van der Waals surface area contributed by atoms with Crippen molar-refractivity contribution >= 4 is 18.3 Å². The average Bonchev–Trinajstić information content (AvgIpc) is 3.40. The number of amides is 1. The largest absolute Gasteiger partial charge is 0.416 e. The van der Waals surface area contributed by atoms with Crippen molar-refractivity contribution in [2.75, 3.05) is 33.2 Å². The van der Waals surface area contributed by atoms with Gasteiger partial charge in [-0.05, 0) is 58.7 Å². The molecule has 0 atom stereocenters. The molecule has 0 N–H and O–H groups in total. The molecule has 1 amide bonds. The maximum atomic E-state index is 14.3. The van der Waals surface area contributed by atoms with Crippen molar-refractivity contribution < 1.29 is 57.5 Å². The summed E-state index contributed by atoms with van der Waals surface area (Å²) in [6.07, 6.45) is -19.8. The Labute approximate surface area is 285 Å². The van der Waals surface area contributed by atoms with E-state index in [1.165, 1.54) is 7.05 Å². The minimum absolute atomic E-state index is 0. The zero-order valence-corrected chi connectivity index (χ0v) is 26.9. The Kier molecular flexibility index (Phi) is 10.9. The summed E-state index contributed by atoms with van der Waals surface area (Å²) in [5.41, 5.74) is -6.14. The number of fused-ring (bicyclic) bond motifs is 1. The Hall–Kier alpha value is -3.50. The molecular formula is C33H30ClF12N3O. The SMILES string of the molecule is CN(Cc1cc(C(F)(F)F)cc(C(F)(F)F)c1)C(=O)C1(N2CCN(Cc3cc(C(F)(F)F)cc(C(F)(F)F)c3)CC2)Cc2ccccc2C1.Cl. The summed E-state index contributed by atoms with van der Waals surface area (Å²) in [4.78, 5) is 18.8. The monoisotopic (exact) mass is 747 g/mol. The maximum Gasteiger partial charge on any atom is 0.416 e. The number of benzene rings is 3. The first-order valence-electron chi connectivity index (χ1n) is 14.9. The molecule has 0 unspecified atom stereocenters. The molecule has 0 saturated carbocycles. The minimum Gasteiger partial charge on any atom is -0.340 e. The lowest BCUT2D eigenvalue weighted by Gasteiger charge is -2.46. The van der Waals surface area contributed by atoms with Gasteiger partial charge < -0.3 is 4.90 Å². The van der Waals surface area contributed by atoms with Crippen LogP contribution in [-0.2, 0) is 55.4 Å². The normalized spacial score (nSPS) is 17.3. The Balaban J connectivity index is 0.00000562. The number of carbonyl (C=O) groups excluding carboxylic acids is 1. The summed E-state index contributed by atoms with van der Waals surface area (Å²) in [5.74, 6) is -0.559. The van der Waals surface area contributed by atoms with E-state index in [9.17, 15) is 57.5 Å². The number of alkyl halides is 12. The van der Waals surface area contributed by atoms with Gasteiger partial charge in [0, 0.05) is 59.2 Å². The van der Waals surface area contributed by atoms with Crippen LogP contribution in [0, 0.1) is 0 Å². The molecule has 2 aliphatic rings. The number of halogens is 13. The van der Waals surface area contributed by atoms with Crippen LogP contribution in [0.25, 0.3) is 0 Å². The molecule has 1 aliphatic heterocycles. The minimum atomic E-state index is -5.07. The van der Waals surface area contributed by atoms with Gasteiger partial charge in [-0.25, -0.2) is 0 Å². The van der Waals surface area contributed by atoms with Gasteiger partial charge in [0.15, 0.2) is 0 Å².